The number of amidine groups is 1. The summed E-state index contributed by atoms with van der Waals surface area (Å²) in [6, 6.07) is 12.5. The van der Waals surface area contributed by atoms with Crippen molar-refractivity contribution in [1.82, 2.24) is 5.32 Å². The van der Waals surface area contributed by atoms with Crippen LogP contribution < -0.4 is 10.1 Å². The van der Waals surface area contributed by atoms with Gasteiger partial charge in [0, 0.05) is 5.56 Å². The van der Waals surface area contributed by atoms with E-state index in [1.807, 2.05) is 24.3 Å². The normalized spacial score (nSPS) is 17.4. The van der Waals surface area contributed by atoms with Crippen molar-refractivity contribution in [2.75, 3.05) is 7.11 Å². The van der Waals surface area contributed by atoms with Gasteiger partial charge in [0.2, 0.25) is 0 Å². The van der Waals surface area contributed by atoms with Crippen LogP contribution >= 0.6 is 35.0 Å². The van der Waals surface area contributed by atoms with Crippen LogP contribution in [0.1, 0.15) is 5.56 Å². The molecule has 1 fully saturated rings. The van der Waals surface area contributed by atoms with Crippen LogP contribution in [0.25, 0.3) is 6.08 Å². The number of carbonyl (C=O) groups is 1. The van der Waals surface area contributed by atoms with Crippen molar-refractivity contribution >= 4 is 57.8 Å². The van der Waals surface area contributed by atoms with Gasteiger partial charge in [-0.3, -0.25) is 4.79 Å². The van der Waals surface area contributed by atoms with Crippen molar-refractivity contribution in [3.05, 3.63) is 63.0 Å². The molecule has 0 bridgehead atoms. The van der Waals surface area contributed by atoms with E-state index in [2.05, 4.69) is 10.3 Å². The molecule has 0 unspecified atom stereocenters. The Labute approximate surface area is 153 Å². The summed E-state index contributed by atoms with van der Waals surface area (Å²) in [5, 5.41) is 4.09. The molecule has 0 aliphatic carbocycles. The predicted molar refractivity (Wildman–Crippen MR) is 100 cm³/mol. The number of methoxy groups -OCH3 is 1. The zero-order valence-corrected chi connectivity index (χ0v) is 14.9. The first-order chi connectivity index (χ1) is 11.6. The topological polar surface area (TPSA) is 50.7 Å². The molecule has 4 nitrogen and oxygen atoms in total. The van der Waals surface area contributed by atoms with Crippen molar-refractivity contribution in [3.63, 3.8) is 0 Å². The van der Waals surface area contributed by atoms with Gasteiger partial charge in [-0.15, -0.1) is 0 Å². The zero-order valence-electron chi connectivity index (χ0n) is 12.5. The molecule has 1 amide bonds. The molecule has 1 saturated heterocycles. The molecule has 3 rings (SSSR count). The second-order valence-electron chi connectivity index (χ2n) is 4.82. The van der Waals surface area contributed by atoms with Gasteiger partial charge in [-0.05, 0) is 42.1 Å². The van der Waals surface area contributed by atoms with Gasteiger partial charge in [-0.25, -0.2) is 4.99 Å². The van der Waals surface area contributed by atoms with Gasteiger partial charge in [-0.2, -0.15) is 0 Å². The van der Waals surface area contributed by atoms with E-state index in [1.54, 1.807) is 31.4 Å². The number of amides is 1. The summed E-state index contributed by atoms with van der Waals surface area (Å²) in [7, 11) is 1.59. The minimum absolute atomic E-state index is 0.204. The number of carbonyl (C=O) groups excluding carboxylic acids is 1. The fourth-order valence-corrected chi connectivity index (χ4v) is 3.20. The lowest BCUT2D eigenvalue weighted by Crippen LogP contribution is -2.19. The van der Waals surface area contributed by atoms with Crippen molar-refractivity contribution in [2.24, 2.45) is 4.99 Å². The van der Waals surface area contributed by atoms with Gasteiger partial charge in [0.15, 0.2) is 5.17 Å². The zero-order chi connectivity index (χ0) is 17.1. The molecule has 0 saturated carbocycles. The number of para-hydroxylation sites is 1. The lowest BCUT2D eigenvalue weighted by atomic mass is 10.2. The Morgan fingerprint density at radius 1 is 1.17 bits per heavy atom. The summed E-state index contributed by atoms with van der Waals surface area (Å²) in [5.41, 5.74) is 1.44. The number of nitrogens with one attached hydrogen (secondary N) is 1. The summed E-state index contributed by atoms with van der Waals surface area (Å²) in [6.07, 6.45) is 1.77. The van der Waals surface area contributed by atoms with Crippen LogP contribution in [0, 0.1) is 0 Å². The maximum atomic E-state index is 12.1. The maximum absolute atomic E-state index is 12.1. The van der Waals surface area contributed by atoms with Gasteiger partial charge < -0.3 is 10.1 Å². The number of aliphatic imine (C=N–C) groups is 1. The highest BCUT2D eigenvalue weighted by molar-refractivity contribution is 8.18. The van der Waals surface area contributed by atoms with Gasteiger partial charge in [0.1, 0.15) is 5.75 Å². The number of ether oxygens (including phenoxy) is 1. The highest BCUT2D eigenvalue weighted by atomic mass is 35.5. The summed E-state index contributed by atoms with van der Waals surface area (Å²) < 4.78 is 5.29. The van der Waals surface area contributed by atoms with Gasteiger partial charge in [0.25, 0.3) is 5.91 Å². The number of thioether (sulfide) groups is 1. The van der Waals surface area contributed by atoms with E-state index in [9.17, 15) is 4.79 Å². The number of hydrogen-bond donors (Lipinski definition) is 1. The van der Waals surface area contributed by atoms with Crippen LogP contribution in [0.5, 0.6) is 5.75 Å². The molecule has 1 aliphatic rings. The van der Waals surface area contributed by atoms with Crippen LogP contribution in [0.15, 0.2) is 52.4 Å². The molecule has 1 N–H and O–H groups in total. The van der Waals surface area contributed by atoms with E-state index in [1.165, 1.54) is 11.8 Å². The number of halogens is 2. The predicted octanol–water partition coefficient (Wildman–Crippen LogP) is 4.89. The first-order valence-corrected chi connectivity index (χ1v) is 8.52. The molecule has 0 radical (unpaired) electrons. The van der Waals surface area contributed by atoms with Crippen LogP contribution in [0.2, 0.25) is 10.0 Å². The first kappa shape index (κ1) is 16.9. The molecular weight excluding hydrogens is 367 g/mol. The molecular formula is C17H12Cl2N2O2S. The largest absolute Gasteiger partial charge is 0.496 e. The molecule has 24 heavy (non-hydrogen) atoms. The monoisotopic (exact) mass is 378 g/mol. The van der Waals surface area contributed by atoms with Gasteiger partial charge in [0.05, 0.1) is 27.7 Å². The first-order valence-electron chi connectivity index (χ1n) is 6.94. The quantitative estimate of drug-likeness (QED) is 0.773. The average Bonchev–Trinajstić information content (AvgIpc) is 2.91. The summed E-state index contributed by atoms with van der Waals surface area (Å²) >= 11 is 13.1. The molecule has 0 spiro atoms. The average molecular weight is 379 g/mol. The third kappa shape index (κ3) is 3.75. The number of nitrogens with zero attached hydrogens (tertiary/aromatic N) is 1. The Morgan fingerprint density at radius 2 is 1.96 bits per heavy atom. The Bertz CT molecular complexity index is 865. The van der Waals surface area contributed by atoms with E-state index in [0.717, 1.165) is 5.56 Å². The molecule has 2 aromatic rings. The lowest BCUT2D eigenvalue weighted by Gasteiger charge is -2.03. The van der Waals surface area contributed by atoms with E-state index in [4.69, 9.17) is 27.9 Å². The minimum Gasteiger partial charge on any atom is -0.496 e. The third-order valence-electron chi connectivity index (χ3n) is 3.21. The number of benzene rings is 2. The fraction of sp³-hybridized carbons (Fsp3) is 0.0588. The number of rotatable bonds is 3. The standard InChI is InChI=1S/C17H12Cl2N2O2S/c1-23-14-5-3-2-4-10(14)8-15-16(22)21-17(24-15)20-11-6-7-12(18)13(19)9-11/h2-9H,1H3,(H,20,21,22). The van der Waals surface area contributed by atoms with E-state index in [0.29, 0.717) is 31.6 Å². The van der Waals surface area contributed by atoms with E-state index in [-0.39, 0.29) is 5.91 Å². The summed E-state index contributed by atoms with van der Waals surface area (Å²) in [6.45, 7) is 0. The minimum atomic E-state index is -0.204. The van der Waals surface area contributed by atoms with Gasteiger partial charge >= 0.3 is 0 Å². The molecule has 0 aromatic heterocycles. The van der Waals surface area contributed by atoms with Crippen LogP contribution in [0.3, 0.4) is 0 Å². The fourth-order valence-electron chi connectivity index (χ4n) is 2.08. The lowest BCUT2D eigenvalue weighted by molar-refractivity contribution is -0.115. The Balaban J connectivity index is 1.86. The smallest absolute Gasteiger partial charge is 0.264 e. The van der Waals surface area contributed by atoms with Crippen molar-refractivity contribution < 1.29 is 9.53 Å². The van der Waals surface area contributed by atoms with Crippen molar-refractivity contribution in [3.8, 4) is 5.75 Å². The van der Waals surface area contributed by atoms with E-state index >= 15 is 0 Å². The maximum Gasteiger partial charge on any atom is 0.264 e. The molecule has 2 aromatic carbocycles. The number of hydrogen-bond acceptors (Lipinski definition) is 4. The molecule has 1 aliphatic heterocycles. The highest BCUT2D eigenvalue weighted by Gasteiger charge is 2.24. The SMILES string of the molecule is COc1ccccc1C=C1SC(=Nc2ccc(Cl)c(Cl)c2)NC1=O. The molecule has 1 heterocycles. The Morgan fingerprint density at radius 3 is 2.71 bits per heavy atom. The molecule has 0 atom stereocenters. The van der Waals surface area contributed by atoms with E-state index < -0.39 is 0 Å². The van der Waals surface area contributed by atoms with Crippen LogP contribution in [-0.2, 0) is 4.79 Å². The Kier molecular flexibility index (Phi) is 5.14. The van der Waals surface area contributed by atoms with Crippen molar-refractivity contribution in [2.45, 2.75) is 0 Å². The second kappa shape index (κ2) is 7.30. The third-order valence-corrected chi connectivity index (χ3v) is 4.86. The summed E-state index contributed by atoms with van der Waals surface area (Å²) in [4.78, 5) is 17.0. The van der Waals surface area contributed by atoms with Crippen LogP contribution in [-0.4, -0.2) is 18.2 Å². The molecule has 7 heteroatoms. The summed E-state index contributed by atoms with van der Waals surface area (Å²) in [5.74, 6) is 0.498. The van der Waals surface area contributed by atoms with Crippen LogP contribution in [0.4, 0.5) is 5.69 Å². The Hall–Kier alpha value is -1.95. The van der Waals surface area contributed by atoms with Crippen molar-refractivity contribution in [1.29, 1.82) is 0 Å². The molecule has 122 valence electrons. The van der Waals surface area contributed by atoms with Gasteiger partial charge in [-0.1, -0.05) is 41.4 Å². The second-order valence-corrected chi connectivity index (χ2v) is 6.67. The highest BCUT2D eigenvalue weighted by Crippen LogP contribution is 2.32.